The van der Waals surface area contributed by atoms with Crippen molar-refractivity contribution in [3.05, 3.63) is 23.2 Å². The van der Waals surface area contributed by atoms with Gasteiger partial charge in [0.1, 0.15) is 0 Å². The molecule has 0 saturated carbocycles. The first-order chi connectivity index (χ1) is 7.08. The van der Waals surface area contributed by atoms with Crippen molar-refractivity contribution in [3.8, 4) is 0 Å². The van der Waals surface area contributed by atoms with Crippen LogP contribution in [0.1, 0.15) is 13.8 Å². The highest BCUT2D eigenvalue weighted by molar-refractivity contribution is 6.01. The van der Waals surface area contributed by atoms with Gasteiger partial charge in [0.2, 0.25) is 5.95 Å². The van der Waals surface area contributed by atoms with Gasteiger partial charge in [-0.1, -0.05) is 6.08 Å². The predicted molar refractivity (Wildman–Crippen MR) is 54.8 cm³/mol. The zero-order chi connectivity index (χ0) is 11.6. The fourth-order valence-corrected chi connectivity index (χ4v) is 1.57. The second-order valence-corrected chi connectivity index (χ2v) is 3.03. The van der Waals surface area contributed by atoms with Crippen LogP contribution in [0.3, 0.4) is 0 Å². The maximum Gasteiger partial charge on any atom is 0.256 e. The minimum Gasteiger partial charge on any atom is -0.369 e. The molecule has 1 heterocycles. The minimum absolute atomic E-state index is 0.0978. The third-order valence-corrected chi connectivity index (χ3v) is 2.33. The molecular formula is C10H13FN2O2. The van der Waals surface area contributed by atoms with Crippen LogP contribution in [-0.2, 0) is 4.79 Å². The van der Waals surface area contributed by atoms with Crippen molar-refractivity contribution in [2.24, 2.45) is 4.99 Å². The standard InChI is InChI=1S/C10H13FN2O2/c1-4-6-7(8(11)12-3)10(15)13(5-2)9(6)14/h4,10,15H,3,5H2,1-2H3/b6-4+,8-7+. The van der Waals surface area contributed by atoms with Crippen LogP contribution in [-0.4, -0.2) is 35.4 Å². The predicted octanol–water partition coefficient (Wildman–Crippen LogP) is 0.995. The third-order valence-electron chi connectivity index (χ3n) is 2.33. The van der Waals surface area contributed by atoms with E-state index >= 15 is 0 Å². The largest absolute Gasteiger partial charge is 0.369 e. The molecule has 1 rings (SSSR count). The highest BCUT2D eigenvalue weighted by Crippen LogP contribution is 2.31. The number of hydrogen-bond acceptors (Lipinski definition) is 3. The van der Waals surface area contributed by atoms with Gasteiger partial charge in [-0.05, 0) is 20.6 Å². The highest BCUT2D eigenvalue weighted by Gasteiger charge is 2.39. The van der Waals surface area contributed by atoms with Crippen LogP contribution in [0.25, 0.3) is 0 Å². The Morgan fingerprint density at radius 2 is 2.40 bits per heavy atom. The minimum atomic E-state index is -1.26. The van der Waals surface area contributed by atoms with Gasteiger partial charge in [-0.15, -0.1) is 0 Å². The van der Waals surface area contributed by atoms with Crippen molar-refractivity contribution in [3.63, 3.8) is 0 Å². The molecule has 1 aliphatic heterocycles. The Morgan fingerprint density at radius 1 is 1.80 bits per heavy atom. The molecule has 0 aliphatic carbocycles. The van der Waals surface area contributed by atoms with Gasteiger partial charge in [0, 0.05) is 12.1 Å². The van der Waals surface area contributed by atoms with Crippen LogP contribution in [0, 0.1) is 0 Å². The molecule has 1 fully saturated rings. The zero-order valence-electron chi connectivity index (χ0n) is 8.70. The monoisotopic (exact) mass is 212 g/mol. The molecule has 5 heteroatoms. The quantitative estimate of drug-likeness (QED) is 0.421. The number of aliphatic hydroxyl groups is 1. The SMILES string of the molecule is C=N/C(F)=C1\C(=C/C)C(=O)N(CC)C1O. The van der Waals surface area contributed by atoms with E-state index in [2.05, 4.69) is 11.7 Å². The van der Waals surface area contributed by atoms with Crippen molar-refractivity contribution in [1.82, 2.24) is 4.90 Å². The maximum absolute atomic E-state index is 13.3. The fourth-order valence-electron chi connectivity index (χ4n) is 1.57. The molecule has 1 unspecified atom stereocenters. The summed E-state index contributed by atoms with van der Waals surface area (Å²) in [5, 5.41) is 9.70. The average Bonchev–Trinajstić information content (AvgIpc) is 2.48. The molecule has 0 radical (unpaired) electrons. The number of nitrogens with zero attached hydrogens (tertiary/aromatic N) is 2. The third kappa shape index (κ3) is 1.70. The van der Waals surface area contributed by atoms with E-state index in [1.807, 2.05) is 0 Å². The Bertz CT molecular complexity index is 360. The first kappa shape index (κ1) is 11.6. The second-order valence-electron chi connectivity index (χ2n) is 3.03. The molecular weight excluding hydrogens is 199 g/mol. The van der Waals surface area contributed by atoms with E-state index in [1.165, 1.54) is 6.08 Å². The summed E-state index contributed by atoms with van der Waals surface area (Å²) < 4.78 is 13.3. The molecule has 1 N–H and O–H groups in total. The molecule has 0 aromatic carbocycles. The summed E-state index contributed by atoms with van der Waals surface area (Å²) in [5.74, 6) is -1.29. The lowest BCUT2D eigenvalue weighted by Gasteiger charge is -2.17. The van der Waals surface area contributed by atoms with E-state index in [-0.39, 0.29) is 17.1 Å². The molecule has 1 aliphatic rings. The Morgan fingerprint density at radius 3 is 2.80 bits per heavy atom. The molecule has 82 valence electrons. The van der Waals surface area contributed by atoms with Gasteiger partial charge in [-0.25, -0.2) is 4.99 Å². The molecule has 1 saturated heterocycles. The summed E-state index contributed by atoms with van der Waals surface area (Å²) >= 11 is 0. The van der Waals surface area contributed by atoms with Crippen molar-refractivity contribution in [2.75, 3.05) is 6.54 Å². The van der Waals surface area contributed by atoms with Gasteiger partial charge >= 0.3 is 0 Å². The lowest BCUT2D eigenvalue weighted by atomic mass is 10.1. The Hall–Kier alpha value is -1.49. The normalized spacial score (nSPS) is 27.5. The number of aliphatic hydroxyl groups excluding tert-OH is 1. The molecule has 0 spiro atoms. The van der Waals surface area contributed by atoms with E-state index in [0.29, 0.717) is 6.54 Å². The number of likely N-dealkylation sites (N-methyl/N-ethyl adjacent to an activating group) is 1. The summed E-state index contributed by atoms with van der Waals surface area (Å²) in [6.07, 6.45) is 0.195. The van der Waals surface area contributed by atoms with E-state index in [9.17, 15) is 14.3 Å². The second kappa shape index (κ2) is 4.35. The number of amides is 1. The molecule has 1 atom stereocenters. The van der Waals surface area contributed by atoms with E-state index in [4.69, 9.17) is 0 Å². The van der Waals surface area contributed by atoms with Gasteiger partial charge in [-0.3, -0.25) is 4.79 Å². The van der Waals surface area contributed by atoms with E-state index in [1.54, 1.807) is 13.8 Å². The number of hydrogen-bond donors (Lipinski definition) is 1. The number of carbonyl (C=O) groups is 1. The lowest BCUT2D eigenvalue weighted by Crippen LogP contribution is -2.33. The van der Waals surface area contributed by atoms with Crippen LogP contribution in [0.2, 0.25) is 0 Å². The fraction of sp³-hybridized carbons (Fsp3) is 0.400. The molecule has 15 heavy (non-hydrogen) atoms. The van der Waals surface area contributed by atoms with Gasteiger partial charge in [-0.2, -0.15) is 4.39 Å². The first-order valence-corrected chi connectivity index (χ1v) is 4.60. The van der Waals surface area contributed by atoms with E-state index in [0.717, 1.165) is 4.90 Å². The van der Waals surface area contributed by atoms with Gasteiger partial charge in [0.15, 0.2) is 6.23 Å². The number of allylic oxidation sites excluding steroid dienone is 1. The maximum atomic E-state index is 13.3. The van der Waals surface area contributed by atoms with Crippen LogP contribution in [0.5, 0.6) is 0 Å². The topological polar surface area (TPSA) is 52.9 Å². The Labute approximate surface area is 87.4 Å². The summed E-state index contributed by atoms with van der Waals surface area (Å²) in [7, 11) is 0. The number of carbonyl (C=O) groups excluding carboxylic acids is 1. The van der Waals surface area contributed by atoms with E-state index < -0.39 is 12.2 Å². The van der Waals surface area contributed by atoms with Crippen molar-refractivity contribution >= 4 is 12.6 Å². The summed E-state index contributed by atoms with van der Waals surface area (Å²) in [6, 6.07) is 0. The summed E-state index contributed by atoms with van der Waals surface area (Å²) in [6.45, 7) is 6.66. The molecule has 0 bridgehead atoms. The van der Waals surface area contributed by atoms with Gasteiger partial charge < -0.3 is 10.0 Å². The zero-order valence-corrected chi connectivity index (χ0v) is 8.70. The smallest absolute Gasteiger partial charge is 0.256 e. The first-order valence-electron chi connectivity index (χ1n) is 4.60. The van der Waals surface area contributed by atoms with Crippen LogP contribution >= 0.6 is 0 Å². The number of rotatable bonds is 2. The van der Waals surface area contributed by atoms with Gasteiger partial charge in [0.05, 0.1) is 5.57 Å². The van der Waals surface area contributed by atoms with Crippen LogP contribution < -0.4 is 0 Å². The molecule has 1 amide bonds. The number of halogens is 1. The molecule has 0 aromatic rings. The Kier molecular flexibility index (Phi) is 3.36. The van der Waals surface area contributed by atoms with Crippen molar-refractivity contribution in [2.45, 2.75) is 20.1 Å². The summed E-state index contributed by atoms with van der Waals surface area (Å²) in [5.41, 5.74) is 0.0496. The van der Waals surface area contributed by atoms with Crippen LogP contribution in [0.15, 0.2) is 28.2 Å². The summed E-state index contributed by atoms with van der Waals surface area (Å²) in [4.78, 5) is 15.9. The molecule has 0 aromatic heterocycles. The number of likely N-dealkylation sites (tertiary alicyclic amines) is 1. The van der Waals surface area contributed by atoms with Crippen molar-refractivity contribution < 1.29 is 14.3 Å². The van der Waals surface area contributed by atoms with Crippen molar-refractivity contribution in [1.29, 1.82) is 0 Å². The number of aliphatic imine (C=N–C) groups is 1. The molecule has 4 nitrogen and oxygen atoms in total. The van der Waals surface area contributed by atoms with Crippen LogP contribution in [0.4, 0.5) is 4.39 Å². The van der Waals surface area contributed by atoms with Gasteiger partial charge in [0.25, 0.3) is 5.91 Å². The Balaban J connectivity index is 3.30. The lowest BCUT2D eigenvalue weighted by molar-refractivity contribution is -0.130. The highest BCUT2D eigenvalue weighted by atomic mass is 19.1. The average molecular weight is 212 g/mol.